The number of aromatic carboxylic acids is 1. The van der Waals surface area contributed by atoms with Gasteiger partial charge in [-0.3, -0.25) is 5.32 Å². The summed E-state index contributed by atoms with van der Waals surface area (Å²) in [5, 5.41) is 11.4. The number of carbonyl (C=O) groups excluding carboxylic acids is 1. The van der Waals surface area contributed by atoms with Crippen molar-refractivity contribution in [3.8, 4) is 0 Å². The molecule has 0 aliphatic carbocycles. The fraction of sp³-hybridized carbons (Fsp3) is 0.364. The van der Waals surface area contributed by atoms with E-state index in [2.05, 4.69) is 10.3 Å². The molecule has 6 nitrogen and oxygen atoms in total. The first-order valence-electron chi connectivity index (χ1n) is 5.08. The molecule has 1 heterocycles. The van der Waals surface area contributed by atoms with E-state index < -0.39 is 17.7 Å². The summed E-state index contributed by atoms with van der Waals surface area (Å²) < 4.78 is 4.99. The molecule has 1 aromatic heterocycles. The fourth-order valence-electron chi connectivity index (χ4n) is 1.10. The first-order chi connectivity index (χ1) is 8.19. The molecular weight excluding hydrogens is 260 g/mol. The Hall–Kier alpha value is -1.82. The van der Waals surface area contributed by atoms with Crippen molar-refractivity contribution in [2.45, 2.75) is 26.4 Å². The van der Waals surface area contributed by atoms with Crippen LogP contribution in [-0.2, 0) is 4.74 Å². The van der Waals surface area contributed by atoms with E-state index in [9.17, 15) is 9.59 Å². The van der Waals surface area contributed by atoms with Gasteiger partial charge in [0, 0.05) is 6.20 Å². The van der Waals surface area contributed by atoms with Gasteiger partial charge in [0.2, 0.25) is 0 Å². The highest BCUT2D eigenvalue weighted by atomic mass is 35.5. The fourth-order valence-corrected chi connectivity index (χ4v) is 1.26. The van der Waals surface area contributed by atoms with Crippen LogP contribution in [0.25, 0.3) is 0 Å². The summed E-state index contributed by atoms with van der Waals surface area (Å²) in [5.41, 5.74) is -0.881. The third-order valence-corrected chi connectivity index (χ3v) is 1.91. The number of rotatable bonds is 2. The van der Waals surface area contributed by atoms with Crippen molar-refractivity contribution in [3.05, 3.63) is 22.8 Å². The zero-order valence-corrected chi connectivity index (χ0v) is 10.9. The third-order valence-electron chi connectivity index (χ3n) is 1.70. The Kier molecular flexibility index (Phi) is 4.13. The highest BCUT2D eigenvalue weighted by Crippen LogP contribution is 2.18. The Morgan fingerprint density at radius 3 is 2.56 bits per heavy atom. The summed E-state index contributed by atoms with van der Waals surface area (Å²) in [6.45, 7) is 5.08. The first kappa shape index (κ1) is 14.2. The molecule has 0 bridgehead atoms. The minimum atomic E-state index is -1.24. The molecule has 1 rings (SSSR count). The molecule has 0 aromatic carbocycles. The predicted molar refractivity (Wildman–Crippen MR) is 66.1 cm³/mol. The van der Waals surface area contributed by atoms with Crippen LogP contribution < -0.4 is 5.32 Å². The van der Waals surface area contributed by atoms with E-state index >= 15 is 0 Å². The van der Waals surface area contributed by atoms with Crippen molar-refractivity contribution in [3.63, 3.8) is 0 Å². The van der Waals surface area contributed by atoms with Crippen molar-refractivity contribution in [1.29, 1.82) is 0 Å². The van der Waals surface area contributed by atoms with Crippen LogP contribution in [0, 0.1) is 0 Å². The maximum Gasteiger partial charge on any atom is 0.413 e. The number of anilines is 1. The predicted octanol–water partition coefficient (Wildman–Crippen LogP) is 2.78. The van der Waals surface area contributed by atoms with Gasteiger partial charge >= 0.3 is 12.1 Å². The lowest BCUT2D eigenvalue weighted by Gasteiger charge is -2.19. The standard InChI is InChI=1S/C11H13ClN2O4/c1-11(2,3)18-10(17)14-8-7(9(15)16)4-6(12)5-13-8/h4-5H,1-3H3,(H,15,16)(H,13,14,17). The molecule has 0 aliphatic heterocycles. The zero-order chi connectivity index (χ0) is 13.9. The van der Waals surface area contributed by atoms with Crippen molar-refractivity contribution in [2.75, 3.05) is 5.32 Å². The summed E-state index contributed by atoms with van der Waals surface area (Å²) in [6, 6.07) is 1.20. The molecule has 7 heteroatoms. The summed E-state index contributed by atoms with van der Waals surface area (Å²) in [6.07, 6.45) is 0.459. The number of nitrogens with zero attached hydrogens (tertiary/aromatic N) is 1. The molecule has 98 valence electrons. The van der Waals surface area contributed by atoms with Gasteiger partial charge in [-0.2, -0.15) is 0 Å². The molecule has 0 saturated heterocycles. The van der Waals surface area contributed by atoms with Crippen LogP contribution in [0.5, 0.6) is 0 Å². The van der Waals surface area contributed by atoms with E-state index in [1.807, 2.05) is 0 Å². The lowest BCUT2D eigenvalue weighted by Crippen LogP contribution is -2.28. The second-order valence-corrected chi connectivity index (χ2v) is 4.92. The van der Waals surface area contributed by atoms with Gasteiger partial charge in [-0.05, 0) is 26.8 Å². The van der Waals surface area contributed by atoms with Crippen molar-refractivity contribution in [1.82, 2.24) is 4.98 Å². The average Bonchev–Trinajstić information content (AvgIpc) is 2.17. The number of carbonyl (C=O) groups is 2. The minimum Gasteiger partial charge on any atom is -0.478 e. The Labute approximate surface area is 109 Å². The number of halogens is 1. The van der Waals surface area contributed by atoms with Crippen molar-refractivity contribution in [2.24, 2.45) is 0 Å². The Bertz CT molecular complexity index is 482. The summed E-state index contributed by atoms with van der Waals surface area (Å²) in [4.78, 5) is 26.2. The zero-order valence-electron chi connectivity index (χ0n) is 10.2. The maximum atomic E-state index is 11.5. The summed E-state index contributed by atoms with van der Waals surface area (Å²) >= 11 is 5.63. The number of carboxylic acids is 1. The van der Waals surface area contributed by atoms with Crippen LogP contribution in [0.4, 0.5) is 10.6 Å². The number of hydrogen-bond donors (Lipinski definition) is 2. The molecule has 1 amide bonds. The number of carboxylic acid groups (broad SMARTS) is 1. The summed E-state index contributed by atoms with van der Waals surface area (Å²) in [5.74, 6) is -1.35. The van der Waals surface area contributed by atoms with Crippen molar-refractivity contribution < 1.29 is 19.4 Å². The summed E-state index contributed by atoms with van der Waals surface area (Å²) in [7, 11) is 0. The van der Waals surface area contributed by atoms with Gasteiger partial charge in [0.1, 0.15) is 17.0 Å². The van der Waals surface area contributed by atoms with Crippen LogP contribution in [0.2, 0.25) is 5.02 Å². The number of pyridine rings is 1. The van der Waals surface area contributed by atoms with Crippen LogP contribution in [0.15, 0.2) is 12.3 Å². The van der Waals surface area contributed by atoms with E-state index in [1.54, 1.807) is 20.8 Å². The molecule has 1 aromatic rings. The highest BCUT2D eigenvalue weighted by molar-refractivity contribution is 6.30. The topological polar surface area (TPSA) is 88.5 Å². The molecule has 2 N–H and O–H groups in total. The van der Waals surface area contributed by atoms with Crippen LogP contribution in [0.1, 0.15) is 31.1 Å². The van der Waals surface area contributed by atoms with Gasteiger partial charge in [-0.25, -0.2) is 14.6 Å². The quantitative estimate of drug-likeness (QED) is 0.864. The number of nitrogens with one attached hydrogen (secondary N) is 1. The third kappa shape index (κ3) is 4.21. The smallest absolute Gasteiger partial charge is 0.413 e. The molecule has 0 fully saturated rings. The van der Waals surface area contributed by atoms with Crippen LogP contribution >= 0.6 is 11.6 Å². The average molecular weight is 273 g/mol. The number of aromatic nitrogens is 1. The molecule has 0 saturated carbocycles. The molecule has 0 atom stereocenters. The largest absolute Gasteiger partial charge is 0.478 e. The normalized spacial score (nSPS) is 10.9. The van der Waals surface area contributed by atoms with E-state index in [0.717, 1.165) is 0 Å². The van der Waals surface area contributed by atoms with Crippen molar-refractivity contribution >= 4 is 29.5 Å². The maximum absolute atomic E-state index is 11.5. The Morgan fingerprint density at radius 2 is 2.06 bits per heavy atom. The molecule has 0 unspecified atom stereocenters. The van der Waals surface area contributed by atoms with Gasteiger partial charge in [0.05, 0.1) is 5.02 Å². The van der Waals surface area contributed by atoms with Gasteiger partial charge < -0.3 is 9.84 Å². The first-order valence-corrected chi connectivity index (χ1v) is 5.45. The van der Waals surface area contributed by atoms with Crippen LogP contribution in [0.3, 0.4) is 0 Å². The Balaban J connectivity index is 2.91. The second-order valence-electron chi connectivity index (χ2n) is 4.48. The second kappa shape index (κ2) is 5.22. The monoisotopic (exact) mass is 272 g/mol. The van der Waals surface area contributed by atoms with Gasteiger partial charge in [0.15, 0.2) is 0 Å². The van der Waals surface area contributed by atoms with Gasteiger partial charge in [0.25, 0.3) is 0 Å². The van der Waals surface area contributed by atoms with E-state index in [-0.39, 0.29) is 16.4 Å². The highest BCUT2D eigenvalue weighted by Gasteiger charge is 2.19. The minimum absolute atomic E-state index is 0.110. The van der Waals surface area contributed by atoms with Crippen LogP contribution in [-0.4, -0.2) is 27.8 Å². The molecular formula is C11H13ClN2O4. The number of amides is 1. The lowest BCUT2D eigenvalue weighted by atomic mass is 10.2. The SMILES string of the molecule is CC(C)(C)OC(=O)Nc1ncc(Cl)cc1C(=O)O. The lowest BCUT2D eigenvalue weighted by molar-refractivity contribution is 0.0635. The molecule has 0 aliphatic rings. The van der Waals surface area contributed by atoms with E-state index in [4.69, 9.17) is 21.4 Å². The number of hydrogen-bond acceptors (Lipinski definition) is 4. The Morgan fingerprint density at radius 1 is 1.44 bits per heavy atom. The molecule has 18 heavy (non-hydrogen) atoms. The van der Waals surface area contributed by atoms with Gasteiger partial charge in [-0.1, -0.05) is 11.6 Å². The molecule has 0 radical (unpaired) electrons. The van der Waals surface area contributed by atoms with E-state index in [1.165, 1.54) is 12.3 Å². The van der Waals surface area contributed by atoms with Gasteiger partial charge in [-0.15, -0.1) is 0 Å². The van der Waals surface area contributed by atoms with E-state index in [0.29, 0.717) is 0 Å². The number of ether oxygens (including phenoxy) is 1. The molecule has 0 spiro atoms.